The molecule has 3 aromatic rings. The first-order valence-electron chi connectivity index (χ1n) is 9.80. The van der Waals surface area contributed by atoms with Crippen molar-refractivity contribution in [2.45, 2.75) is 11.9 Å². The van der Waals surface area contributed by atoms with Crippen molar-refractivity contribution in [1.82, 2.24) is 15.0 Å². The molecule has 156 valence electrons. The van der Waals surface area contributed by atoms with Gasteiger partial charge < -0.3 is 14.5 Å². The molecular weight excluding hydrogens is 438 g/mol. The Bertz CT molecular complexity index is 1080. The van der Waals surface area contributed by atoms with E-state index in [4.69, 9.17) is 9.72 Å². The highest BCUT2D eigenvalue weighted by atomic mass is 32.2. The number of rotatable bonds is 4. The number of hydrogen-bond donors (Lipinski definition) is 0. The summed E-state index contributed by atoms with van der Waals surface area (Å²) in [6.07, 6.45) is 1.54. The smallest absolute Gasteiger partial charge is 0.237 e. The molecular formula is C20H21N5O2S3. The summed E-state index contributed by atoms with van der Waals surface area (Å²) in [5.41, 5.74) is 2.67. The van der Waals surface area contributed by atoms with Crippen LogP contribution in [-0.2, 0) is 4.79 Å². The van der Waals surface area contributed by atoms with Crippen molar-refractivity contribution in [2.75, 3.05) is 53.3 Å². The molecule has 0 unspecified atom stereocenters. The van der Waals surface area contributed by atoms with Gasteiger partial charge in [-0.1, -0.05) is 29.2 Å². The molecule has 0 aliphatic carbocycles. The summed E-state index contributed by atoms with van der Waals surface area (Å²) in [4.78, 5) is 30.7. The summed E-state index contributed by atoms with van der Waals surface area (Å²) in [6.45, 7) is 5.11. The molecule has 30 heavy (non-hydrogen) atoms. The van der Waals surface area contributed by atoms with E-state index >= 15 is 0 Å². The predicted molar refractivity (Wildman–Crippen MR) is 124 cm³/mol. The van der Waals surface area contributed by atoms with Crippen LogP contribution in [0.1, 0.15) is 5.56 Å². The van der Waals surface area contributed by atoms with Crippen molar-refractivity contribution >= 4 is 61.9 Å². The van der Waals surface area contributed by atoms with Crippen molar-refractivity contribution in [3.63, 3.8) is 0 Å². The third-order valence-corrected chi connectivity index (χ3v) is 8.20. The third-order valence-electron chi connectivity index (χ3n) is 5.04. The molecule has 4 heterocycles. The van der Waals surface area contributed by atoms with Crippen LogP contribution < -0.4 is 14.5 Å². The summed E-state index contributed by atoms with van der Waals surface area (Å²) in [5.74, 6) is 3.38. The van der Waals surface area contributed by atoms with Crippen LogP contribution in [0.15, 0.2) is 29.6 Å². The van der Waals surface area contributed by atoms with Gasteiger partial charge in [0.1, 0.15) is 28.4 Å². The van der Waals surface area contributed by atoms with Gasteiger partial charge in [-0.2, -0.15) is 16.7 Å². The van der Waals surface area contributed by atoms with Crippen LogP contribution in [0.25, 0.3) is 10.3 Å². The molecule has 1 amide bonds. The zero-order valence-electron chi connectivity index (χ0n) is 16.5. The van der Waals surface area contributed by atoms with Crippen LogP contribution in [0.5, 0.6) is 5.75 Å². The number of nitrogens with zero attached hydrogens (tertiary/aromatic N) is 5. The maximum Gasteiger partial charge on any atom is 0.237 e. The lowest BCUT2D eigenvalue weighted by molar-refractivity contribution is -0.116. The van der Waals surface area contributed by atoms with E-state index in [1.54, 1.807) is 11.3 Å². The Morgan fingerprint density at radius 2 is 2.10 bits per heavy atom. The number of anilines is 2. The maximum absolute atomic E-state index is 13.0. The quantitative estimate of drug-likeness (QED) is 0.434. The second-order valence-electron chi connectivity index (χ2n) is 7.08. The molecule has 2 aromatic heterocycles. The van der Waals surface area contributed by atoms with E-state index in [1.807, 2.05) is 41.8 Å². The zero-order valence-corrected chi connectivity index (χ0v) is 19.0. The number of benzene rings is 1. The number of fused-ring (bicyclic) bond motifs is 2. The minimum Gasteiger partial charge on any atom is -0.490 e. The van der Waals surface area contributed by atoms with Crippen molar-refractivity contribution in [2.24, 2.45) is 0 Å². The highest BCUT2D eigenvalue weighted by Crippen LogP contribution is 2.36. The molecule has 7 nitrogen and oxygen atoms in total. The lowest BCUT2D eigenvalue weighted by Crippen LogP contribution is -2.39. The van der Waals surface area contributed by atoms with Crippen molar-refractivity contribution in [1.29, 1.82) is 0 Å². The lowest BCUT2D eigenvalue weighted by Gasteiger charge is -2.29. The second-order valence-corrected chi connectivity index (χ2v) is 10.2. The summed E-state index contributed by atoms with van der Waals surface area (Å²) in [5, 5.41) is 1.82. The predicted octanol–water partition coefficient (Wildman–Crippen LogP) is 3.47. The molecule has 0 radical (unpaired) electrons. The standard InChI is InChI=1S/C20H21N5O2S3/c1-13-2-3-15-14(10-13)25(4-7-27-15)16(26)11-29-19-17-18(21-12-22-19)23-20(30-17)24-5-8-28-9-6-24/h2-3,10,12H,4-9,11H2,1H3. The second kappa shape index (κ2) is 8.60. The number of hydrogen-bond acceptors (Lipinski definition) is 9. The summed E-state index contributed by atoms with van der Waals surface area (Å²) >= 11 is 5.05. The van der Waals surface area contributed by atoms with Gasteiger partial charge in [-0.05, 0) is 24.6 Å². The Morgan fingerprint density at radius 3 is 2.97 bits per heavy atom. The average Bonchev–Trinajstić information content (AvgIpc) is 3.22. The Morgan fingerprint density at radius 1 is 1.23 bits per heavy atom. The number of aryl methyl sites for hydroxylation is 1. The highest BCUT2D eigenvalue weighted by molar-refractivity contribution is 8.00. The number of amides is 1. The first kappa shape index (κ1) is 19.9. The van der Waals surface area contributed by atoms with Crippen molar-refractivity contribution in [3.8, 4) is 5.75 Å². The van der Waals surface area contributed by atoms with Gasteiger partial charge in [0.05, 0.1) is 18.0 Å². The van der Waals surface area contributed by atoms with Gasteiger partial charge in [-0.15, -0.1) is 0 Å². The number of ether oxygens (including phenoxy) is 1. The Hall–Kier alpha value is -2.04. The summed E-state index contributed by atoms with van der Waals surface area (Å²) in [7, 11) is 0. The van der Waals surface area contributed by atoms with Gasteiger partial charge in [-0.25, -0.2) is 9.97 Å². The molecule has 1 aromatic carbocycles. The number of carbonyl (C=O) groups excluding carboxylic acids is 1. The molecule has 5 rings (SSSR count). The van der Waals surface area contributed by atoms with Crippen LogP contribution in [0.2, 0.25) is 0 Å². The Kier molecular flexibility index (Phi) is 5.70. The van der Waals surface area contributed by atoms with E-state index in [1.165, 1.54) is 18.1 Å². The summed E-state index contributed by atoms with van der Waals surface area (Å²) in [6, 6.07) is 5.94. The normalized spacial score (nSPS) is 16.4. The molecule has 0 saturated carbocycles. The van der Waals surface area contributed by atoms with Gasteiger partial charge in [0.15, 0.2) is 10.8 Å². The zero-order chi connectivity index (χ0) is 20.5. The fraction of sp³-hybridized carbons (Fsp3) is 0.400. The monoisotopic (exact) mass is 459 g/mol. The van der Waals surface area contributed by atoms with E-state index in [2.05, 4.69) is 14.9 Å². The highest BCUT2D eigenvalue weighted by Gasteiger charge is 2.25. The summed E-state index contributed by atoms with van der Waals surface area (Å²) < 4.78 is 6.67. The van der Waals surface area contributed by atoms with Crippen LogP contribution in [0.4, 0.5) is 10.8 Å². The fourth-order valence-corrected chi connectivity index (χ4v) is 6.43. The fourth-order valence-electron chi connectivity index (χ4n) is 3.51. The van der Waals surface area contributed by atoms with E-state index in [0.29, 0.717) is 24.6 Å². The molecule has 0 spiro atoms. The minimum atomic E-state index is 0.0553. The van der Waals surface area contributed by atoms with E-state index in [9.17, 15) is 4.79 Å². The van der Waals surface area contributed by atoms with Gasteiger partial charge >= 0.3 is 0 Å². The largest absolute Gasteiger partial charge is 0.490 e. The molecule has 1 saturated heterocycles. The first-order chi connectivity index (χ1) is 14.7. The van der Waals surface area contributed by atoms with Gasteiger partial charge in [-0.3, -0.25) is 4.79 Å². The SMILES string of the molecule is Cc1ccc2c(c1)N(C(=O)CSc1ncnc3nc(N4CCSCC4)sc13)CCO2. The molecule has 10 heteroatoms. The number of carbonyl (C=O) groups is 1. The van der Waals surface area contributed by atoms with E-state index in [0.717, 1.165) is 56.5 Å². The van der Waals surface area contributed by atoms with Crippen molar-refractivity contribution < 1.29 is 9.53 Å². The molecule has 2 aliphatic heterocycles. The maximum atomic E-state index is 13.0. The van der Waals surface area contributed by atoms with Gasteiger partial charge in [0.2, 0.25) is 5.91 Å². The van der Waals surface area contributed by atoms with E-state index < -0.39 is 0 Å². The van der Waals surface area contributed by atoms with Crippen LogP contribution in [-0.4, -0.2) is 64.4 Å². The van der Waals surface area contributed by atoms with Crippen LogP contribution in [0, 0.1) is 6.92 Å². The van der Waals surface area contributed by atoms with Gasteiger partial charge in [0.25, 0.3) is 0 Å². The average molecular weight is 460 g/mol. The van der Waals surface area contributed by atoms with Gasteiger partial charge in [0, 0.05) is 24.6 Å². The molecule has 0 atom stereocenters. The van der Waals surface area contributed by atoms with Crippen LogP contribution in [0.3, 0.4) is 0 Å². The number of thiazole rings is 1. The first-order valence-corrected chi connectivity index (χ1v) is 12.8. The minimum absolute atomic E-state index is 0.0553. The van der Waals surface area contributed by atoms with Crippen LogP contribution >= 0.6 is 34.9 Å². The van der Waals surface area contributed by atoms with E-state index in [-0.39, 0.29) is 5.91 Å². The molecule has 0 bridgehead atoms. The third kappa shape index (κ3) is 3.95. The molecule has 2 aliphatic rings. The molecule has 0 N–H and O–H groups in total. The molecule has 1 fully saturated rings. The lowest BCUT2D eigenvalue weighted by atomic mass is 10.1. The number of thioether (sulfide) groups is 2. The Balaban J connectivity index is 1.34. The Labute approximate surface area is 187 Å². The number of aromatic nitrogens is 3. The van der Waals surface area contributed by atoms with Crippen molar-refractivity contribution in [3.05, 3.63) is 30.1 Å². The topological polar surface area (TPSA) is 71.5 Å².